The predicted octanol–water partition coefficient (Wildman–Crippen LogP) is 3.77. The fraction of sp³-hybridized carbons (Fsp3) is 0.588. The van der Waals surface area contributed by atoms with Crippen LogP contribution in [0.3, 0.4) is 0 Å². The molecule has 0 aliphatic heterocycles. The second-order valence-corrected chi connectivity index (χ2v) is 9.28. The molecule has 8 heteroatoms. The van der Waals surface area contributed by atoms with Crippen molar-refractivity contribution in [2.45, 2.75) is 58.3 Å². The van der Waals surface area contributed by atoms with E-state index < -0.39 is 14.9 Å². The molecule has 1 aliphatic carbocycles. The third kappa shape index (κ3) is 4.78. The van der Waals surface area contributed by atoms with E-state index in [9.17, 15) is 18.5 Å². The number of nitro groups is 1. The summed E-state index contributed by atoms with van der Waals surface area (Å²) < 4.78 is 24.7. The normalized spacial score (nSPS) is 18.7. The van der Waals surface area contributed by atoms with Crippen LogP contribution >= 0.6 is 0 Å². The Morgan fingerprint density at radius 1 is 1.24 bits per heavy atom. The molecular weight excluding hydrogens is 342 g/mol. The predicted molar refractivity (Wildman–Crippen MR) is 97.0 cm³/mol. The number of nitro benzene ring substituents is 1. The standard InChI is InChI=1S/C17H25N3O4S/c1-12-5-10-15(11-16(12)20(21)22)25(23,24)19-18-14-8-6-13(7-9-14)17(2,3)4/h5,10-11,13,19H,6-9H2,1-4H3. The first kappa shape index (κ1) is 19.4. The molecule has 0 aromatic heterocycles. The zero-order chi connectivity index (χ0) is 18.8. The van der Waals surface area contributed by atoms with Gasteiger partial charge in [0.15, 0.2) is 0 Å². The first-order chi connectivity index (χ1) is 11.5. The minimum atomic E-state index is -3.92. The topological polar surface area (TPSA) is 102 Å². The summed E-state index contributed by atoms with van der Waals surface area (Å²) in [4.78, 5) is 12.5. The van der Waals surface area contributed by atoms with E-state index in [0.29, 0.717) is 11.5 Å². The fourth-order valence-corrected chi connectivity index (χ4v) is 3.93. The molecule has 25 heavy (non-hydrogen) atoms. The van der Waals surface area contributed by atoms with Crippen molar-refractivity contribution in [2.75, 3.05) is 0 Å². The molecule has 1 aromatic rings. The number of nitrogens with zero attached hydrogens (tertiary/aromatic N) is 2. The monoisotopic (exact) mass is 367 g/mol. The summed E-state index contributed by atoms with van der Waals surface area (Å²) in [5.41, 5.74) is 1.26. The molecule has 2 rings (SSSR count). The molecule has 1 saturated carbocycles. The molecule has 0 bridgehead atoms. The van der Waals surface area contributed by atoms with Crippen molar-refractivity contribution in [1.82, 2.24) is 4.83 Å². The number of nitrogens with one attached hydrogen (secondary N) is 1. The summed E-state index contributed by atoms with van der Waals surface area (Å²) in [6.45, 7) is 8.21. The number of sulfonamides is 1. The Morgan fingerprint density at radius 3 is 2.36 bits per heavy atom. The van der Waals surface area contributed by atoms with Crippen LogP contribution in [-0.2, 0) is 10.0 Å². The molecule has 7 nitrogen and oxygen atoms in total. The van der Waals surface area contributed by atoms with Crippen LogP contribution in [0.5, 0.6) is 0 Å². The van der Waals surface area contributed by atoms with E-state index in [1.165, 1.54) is 12.1 Å². The van der Waals surface area contributed by atoms with Crippen molar-refractivity contribution in [1.29, 1.82) is 0 Å². The Balaban J connectivity index is 2.10. The molecule has 0 atom stereocenters. The molecule has 0 radical (unpaired) electrons. The number of hydrazone groups is 1. The second-order valence-electron chi connectivity index (χ2n) is 7.62. The molecule has 1 aliphatic rings. The lowest BCUT2D eigenvalue weighted by Crippen LogP contribution is -2.27. The number of rotatable bonds is 4. The minimum Gasteiger partial charge on any atom is -0.258 e. The van der Waals surface area contributed by atoms with Gasteiger partial charge in [0.05, 0.1) is 9.82 Å². The molecule has 0 saturated heterocycles. The average molecular weight is 367 g/mol. The van der Waals surface area contributed by atoms with Crippen molar-refractivity contribution in [2.24, 2.45) is 16.4 Å². The Bertz CT molecular complexity index is 785. The largest absolute Gasteiger partial charge is 0.276 e. The van der Waals surface area contributed by atoms with E-state index in [4.69, 9.17) is 0 Å². The highest BCUT2D eigenvalue weighted by Crippen LogP contribution is 2.36. The molecule has 0 spiro atoms. The van der Waals surface area contributed by atoms with E-state index in [2.05, 4.69) is 30.7 Å². The van der Waals surface area contributed by atoms with Gasteiger partial charge in [-0.15, -0.1) is 0 Å². The molecule has 0 unspecified atom stereocenters. The van der Waals surface area contributed by atoms with Crippen LogP contribution in [0.25, 0.3) is 0 Å². The van der Waals surface area contributed by atoms with Crippen LogP contribution in [0.2, 0.25) is 0 Å². The third-order valence-electron chi connectivity index (χ3n) is 4.80. The highest BCUT2D eigenvalue weighted by molar-refractivity contribution is 7.89. The van der Waals surface area contributed by atoms with Gasteiger partial charge in [-0.25, -0.2) is 4.83 Å². The van der Waals surface area contributed by atoms with Gasteiger partial charge in [-0.05, 0) is 50.0 Å². The Hall–Kier alpha value is -1.96. The summed E-state index contributed by atoms with van der Waals surface area (Å²) >= 11 is 0. The smallest absolute Gasteiger partial charge is 0.258 e. The van der Waals surface area contributed by atoms with Crippen molar-refractivity contribution in [3.05, 3.63) is 33.9 Å². The van der Waals surface area contributed by atoms with Gasteiger partial charge in [0.1, 0.15) is 0 Å². The zero-order valence-corrected chi connectivity index (χ0v) is 15.9. The molecule has 0 amide bonds. The van der Waals surface area contributed by atoms with E-state index in [1.54, 1.807) is 6.92 Å². The summed E-state index contributed by atoms with van der Waals surface area (Å²) in [5.74, 6) is 0.600. The van der Waals surface area contributed by atoms with E-state index in [1.807, 2.05) is 0 Å². The van der Waals surface area contributed by atoms with Crippen LogP contribution < -0.4 is 4.83 Å². The first-order valence-corrected chi connectivity index (χ1v) is 9.81. The van der Waals surface area contributed by atoms with Crippen LogP contribution in [0.1, 0.15) is 52.0 Å². The van der Waals surface area contributed by atoms with Crippen LogP contribution in [0.4, 0.5) is 5.69 Å². The number of benzene rings is 1. The zero-order valence-electron chi connectivity index (χ0n) is 15.1. The molecule has 1 aromatic carbocycles. The highest BCUT2D eigenvalue weighted by atomic mass is 32.2. The van der Waals surface area contributed by atoms with Gasteiger partial charge in [-0.3, -0.25) is 10.1 Å². The first-order valence-electron chi connectivity index (χ1n) is 8.33. The third-order valence-corrected chi connectivity index (χ3v) is 6.01. The maximum absolute atomic E-state index is 12.3. The van der Waals surface area contributed by atoms with Crippen LogP contribution in [0, 0.1) is 28.4 Å². The lowest BCUT2D eigenvalue weighted by molar-refractivity contribution is -0.385. The van der Waals surface area contributed by atoms with Gasteiger partial charge >= 0.3 is 0 Å². The summed E-state index contributed by atoms with van der Waals surface area (Å²) in [6.07, 6.45) is 3.50. The van der Waals surface area contributed by atoms with Crippen molar-refractivity contribution in [3.63, 3.8) is 0 Å². The van der Waals surface area contributed by atoms with Gasteiger partial charge in [0, 0.05) is 17.3 Å². The lowest BCUT2D eigenvalue weighted by Gasteiger charge is -2.34. The maximum atomic E-state index is 12.3. The van der Waals surface area contributed by atoms with E-state index >= 15 is 0 Å². The number of hydrogen-bond acceptors (Lipinski definition) is 5. The Labute approximate surface area is 148 Å². The van der Waals surface area contributed by atoms with Gasteiger partial charge in [-0.1, -0.05) is 26.8 Å². The second kappa shape index (κ2) is 7.11. The Kier molecular flexibility index (Phi) is 5.51. The molecule has 0 heterocycles. The van der Waals surface area contributed by atoms with Gasteiger partial charge in [-0.2, -0.15) is 13.5 Å². The van der Waals surface area contributed by atoms with Crippen molar-refractivity contribution < 1.29 is 13.3 Å². The summed E-state index contributed by atoms with van der Waals surface area (Å²) in [6, 6.07) is 3.84. The van der Waals surface area contributed by atoms with E-state index in [-0.39, 0.29) is 16.0 Å². The fourth-order valence-electron chi connectivity index (χ4n) is 3.06. The van der Waals surface area contributed by atoms with E-state index in [0.717, 1.165) is 37.5 Å². The average Bonchev–Trinajstić information content (AvgIpc) is 2.52. The maximum Gasteiger partial charge on any atom is 0.276 e. The summed E-state index contributed by atoms with van der Waals surface area (Å²) in [7, 11) is -3.92. The highest BCUT2D eigenvalue weighted by Gasteiger charge is 2.28. The quantitative estimate of drug-likeness (QED) is 0.646. The van der Waals surface area contributed by atoms with Crippen LogP contribution in [-0.4, -0.2) is 19.1 Å². The van der Waals surface area contributed by atoms with Gasteiger partial charge in [0.25, 0.3) is 15.7 Å². The molecular formula is C17H25N3O4S. The SMILES string of the molecule is Cc1ccc(S(=O)(=O)NN=C2CCC(C(C)(C)C)CC2)cc1[N+](=O)[O-]. The molecule has 1 N–H and O–H groups in total. The van der Waals surface area contributed by atoms with Crippen molar-refractivity contribution in [3.8, 4) is 0 Å². The molecule has 1 fully saturated rings. The number of hydrogen-bond donors (Lipinski definition) is 1. The summed E-state index contributed by atoms with van der Waals surface area (Å²) in [5, 5.41) is 15.0. The lowest BCUT2D eigenvalue weighted by atomic mass is 9.72. The van der Waals surface area contributed by atoms with Crippen molar-refractivity contribution >= 4 is 21.4 Å². The number of aryl methyl sites for hydroxylation is 1. The van der Waals surface area contributed by atoms with Gasteiger partial charge < -0.3 is 0 Å². The van der Waals surface area contributed by atoms with Gasteiger partial charge in [0.2, 0.25) is 0 Å². The minimum absolute atomic E-state index is 0.155. The van der Waals surface area contributed by atoms with Crippen LogP contribution in [0.15, 0.2) is 28.2 Å². The molecule has 138 valence electrons. The Morgan fingerprint density at radius 2 is 1.84 bits per heavy atom.